The zero-order valence-corrected chi connectivity index (χ0v) is 13.4. The predicted molar refractivity (Wildman–Crippen MR) is 78.5 cm³/mol. The Balaban J connectivity index is 1.68. The number of halogens is 1. The standard InChI is InChI=1S/C17H23FO4/c1-10(2)17(4)21-15-14(11(3)20-16(15)22-17)19-9-12-7-5-6-8-13(12)18/h5-8,10-11,14-16H,9H2,1-4H3/t11-,14+,15-,16-,17?/m1/s1. The van der Waals surface area contributed by atoms with E-state index in [9.17, 15) is 4.39 Å². The Hall–Kier alpha value is -1.01. The molecule has 0 aliphatic carbocycles. The minimum absolute atomic E-state index is 0.154. The minimum Gasteiger partial charge on any atom is -0.368 e. The quantitative estimate of drug-likeness (QED) is 0.855. The second-order valence-electron chi connectivity index (χ2n) is 6.45. The Morgan fingerprint density at radius 1 is 1.27 bits per heavy atom. The van der Waals surface area contributed by atoms with E-state index < -0.39 is 12.1 Å². The third kappa shape index (κ3) is 2.78. The first-order valence-corrected chi connectivity index (χ1v) is 7.77. The summed E-state index contributed by atoms with van der Waals surface area (Å²) in [6.07, 6.45) is -1.13. The van der Waals surface area contributed by atoms with E-state index >= 15 is 0 Å². The Labute approximate surface area is 130 Å². The lowest BCUT2D eigenvalue weighted by Gasteiger charge is -2.30. The Kier molecular flexibility index (Phi) is 4.25. The van der Waals surface area contributed by atoms with E-state index in [-0.39, 0.29) is 36.7 Å². The molecule has 0 saturated carbocycles. The van der Waals surface area contributed by atoms with Crippen LogP contribution in [0.5, 0.6) is 0 Å². The fourth-order valence-electron chi connectivity index (χ4n) is 2.84. The van der Waals surface area contributed by atoms with Crippen molar-refractivity contribution < 1.29 is 23.3 Å². The topological polar surface area (TPSA) is 36.9 Å². The van der Waals surface area contributed by atoms with Crippen molar-refractivity contribution in [3.8, 4) is 0 Å². The zero-order chi connectivity index (χ0) is 15.9. The molecule has 122 valence electrons. The summed E-state index contributed by atoms with van der Waals surface area (Å²) in [6, 6.07) is 6.61. The van der Waals surface area contributed by atoms with E-state index in [1.165, 1.54) is 6.07 Å². The molecule has 0 bridgehead atoms. The van der Waals surface area contributed by atoms with E-state index in [0.717, 1.165) is 0 Å². The molecule has 2 saturated heterocycles. The molecule has 1 aromatic rings. The van der Waals surface area contributed by atoms with E-state index in [2.05, 4.69) is 0 Å². The van der Waals surface area contributed by atoms with E-state index in [1.807, 2.05) is 27.7 Å². The van der Waals surface area contributed by atoms with Crippen molar-refractivity contribution in [2.45, 2.75) is 64.7 Å². The number of fused-ring (bicyclic) bond motifs is 1. The lowest BCUT2D eigenvalue weighted by molar-refractivity contribution is -0.245. The second kappa shape index (κ2) is 5.89. The van der Waals surface area contributed by atoms with Gasteiger partial charge in [0.2, 0.25) is 0 Å². The molecule has 0 radical (unpaired) electrons. The molecular formula is C17H23FO4. The van der Waals surface area contributed by atoms with Crippen LogP contribution in [0, 0.1) is 11.7 Å². The normalized spacial score (nSPS) is 37.7. The minimum atomic E-state index is -0.672. The molecule has 5 atom stereocenters. The number of hydrogen-bond acceptors (Lipinski definition) is 4. The molecule has 1 unspecified atom stereocenters. The van der Waals surface area contributed by atoms with Crippen LogP contribution in [0.25, 0.3) is 0 Å². The zero-order valence-electron chi connectivity index (χ0n) is 13.4. The van der Waals surface area contributed by atoms with Gasteiger partial charge >= 0.3 is 0 Å². The van der Waals surface area contributed by atoms with Gasteiger partial charge in [0.25, 0.3) is 0 Å². The molecule has 2 aliphatic rings. The van der Waals surface area contributed by atoms with E-state index in [0.29, 0.717) is 5.56 Å². The van der Waals surface area contributed by atoms with Gasteiger partial charge in [-0.15, -0.1) is 0 Å². The van der Waals surface area contributed by atoms with Crippen LogP contribution >= 0.6 is 0 Å². The van der Waals surface area contributed by atoms with Crippen LogP contribution in [0.3, 0.4) is 0 Å². The average molecular weight is 310 g/mol. The van der Waals surface area contributed by atoms with Crippen LogP contribution < -0.4 is 0 Å². The summed E-state index contributed by atoms with van der Waals surface area (Å²) in [7, 11) is 0. The number of hydrogen-bond donors (Lipinski definition) is 0. The van der Waals surface area contributed by atoms with Crippen molar-refractivity contribution >= 4 is 0 Å². The summed E-state index contributed by atoms with van der Waals surface area (Å²) in [4.78, 5) is 0. The summed E-state index contributed by atoms with van der Waals surface area (Å²) in [5.41, 5.74) is 0.531. The fraction of sp³-hybridized carbons (Fsp3) is 0.647. The first kappa shape index (κ1) is 15.9. The van der Waals surface area contributed by atoms with Crippen LogP contribution in [0.4, 0.5) is 4.39 Å². The van der Waals surface area contributed by atoms with Gasteiger partial charge in [0.05, 0.1) is 12.7 Å². The van der Waals surface area contributed by atoms with Crippen molar-refractivity contribution in [3.05, 3.63) is 35.6 Å². The van der Waals surface area contributed by atoms with Gasteiger partial charge in [0, 0.05) is 11.5 Å². The number of ether oxygens (including phenoxy) is 4. The summed E-state index contributed by atoms with van der Waals surface area (Å²) < 4.78 is 37.4. The average Bonchev–Trinajstić information content (AvgIpc) is 2.92. The summed E-state index contributed by atoms with van der Waals surface area (Å²) in [6.45, 7) is 8.11. The van der Waals surface area contributed by atoms with Crippen LogP contribution in [-0.2, 0) is 25.6 Å². The maximum Gasteiger partial charge on any atom is 0.190 e. The molecule has 0 N–H and O–H groups in total. The Morgan fingerprint density at radius 2 is 2.00 bits per heavy atom. The third-order valence-electron chi connectivity index (χ3n) is 4.56. The van der Waals surface area contributed by atoms with Gasteiger partial charge in [0.15, 0.2) is 12.1 Å². The third-order valence-corrected chi connectivity index (χ3v) is 4.56. The molecule has 1 aromatic carbocycles. The van der Waals surface area contributed by atoms with Gasteiger partial charge in [-0.1, -0.05) is 32.0 Å². The highest BCUT2D eigenvalue weighted by molar-refractivity contribution is 5.16. The van der Waals surface area contributed by atoms with Gasteiger partial charge in [-0.2, -0.15) is 0 Å². The van der Waals surface area contributed by atoms with Crippen molar-refractivity contribution in [3.63, 3.8) is 0 Å². The molecule has 2 heterocycles. The smallest absolute Gasteiger partial charge is 0.190 e. The molecule has 3 rings (SSSR count). The monoisotopic (exact) mass is 310 g/mol. The lowest BCUT2D eigenvalue weighted by atomic mass is 10.1. The first-order valence-electron chi connectivity index (χ1n) is 7.77. The van der Waals surface area contributed by atoms with E-state index in [1.54, 1.807) is 18.2 Å². The second-order valence-corrected chi connectivity index (χ2v) is 6.45. The van der Waals surface area contributed by atoms with Gasteiger partial charge < -0.3 is 18.9 Å². The van der Waals surface area contributed by atoms with Crippen molar-refractivity contribution in [2.24, 2.45) is 5.92 Å². The molecule has 0 aromatic heterocycles. The van der Waals surface area contributed by atoms with Crippen LogP contribution in [-0.4, -0.2) is 30.4 Å². The highest BCUT2D eigenvalue weighted by Gasteiger charge is 2.56. The van der Waals surface area contributed by atoms with Crippen molar-refractivity contribution in [1.82, 2.24) is 0 Å². The van der Waals surface area contributed by atoms with Gasteiger partial charge in [0.1, 0.15) is 18.0 Å². The maximum atomic E-state index is 13.7. The highest BCUT2D eigenvalue weighted by Crippen LogP contribution is 2.42. The predicted octanol–water partition coefficient (Wildman–Crippen LogP) is 3.24. The maximum absolute atomic E-state index is 13.7. The van der Waals surface area contributed by atoms with Crippen LogP contribution in [0.2, 0.25) is 0 Å². The van der Waals surface area contributed by atoms with Gasteiger partial charge in [-0.05, 0) is 19.9 Å². The SMILES string of the molecule is CC(C)C1(C)O[C@H]2O[C@H](C)[C@H](OCc3ccccc3F)[C@H]2O1. The molecule has 4 nitrogen and oxygen atoms in total. The summed E-state index contributed by atoms with van der Waals surface area (Å²) in [5, 5.41) is 0. The lowest BCUT2D eigenvalue weighted by Crippen LogP contribution is -2.39. The molecule has 22 heavy (non-hydrogen) atoms. The number of benzene rings is 1. The highest BCUT2D eigenvalue weighted by atomic mass is 19.1. The molecule has 2 fully saturated rings. The van der Waals surface area contributed by atoms with Crippen molar-refractivity contribution in [2.75, 3.05) is 0 Å². The molecule has 0 amide bonds. The van der Waals surface area contributed by atoms with Gasteiger partial charge in [-0.3, -0.25) is 0 Å². The molecular weight excluding hydrogens is 287 g/mol. The number of rotatable bonds is 4. The molecule has 2 aliphatic heterocycles. The summed E-state index contributed by atoms with van der Waals surface area (Å²) in [5.74, 6) is -0.736. The molecule has 5 heteroatoms. The molecule has 0 spiro atoms. The Bertz CT molecular complexity index is 535. The Morgan fingerprint density at radius 3 is 2.68 bits per heavy atom. The fourth-order valence-corrected chi connectivity index (χ4v) is 2.84. The van der Waals surface area contributed by atoms with Crippen LogP contribution in [0.1, 0.15) is 33.3 Å². The van der Waals surface area contributed by atoms with E-state index in [4.69, 9.17) is 18.9 Å². The summed E-state index contributed by atoms with van der Waals surface area (Å²) >= 11 is 0. The first-order chi connectivity index (χ1) is 10.4. The largest absolute Gasteiger partial charge is 0.368 e. The van der Waals surface area contributed by atoms with Crippen molar-refractivity contribution in [1.29, 1.82) is 0 Å². The van der Waals surface area contributed by atoms with Crippen LogP contribution in [0.15, 0.2) is 24.3 Å². The van der Waals surface area contributed by atoms with Gasteiger partial charge in [-0.25, -0.2) is 4.39 Å².